The van der Waals surface area contributed by atoms with Crippen LogP contribution in [0.25, 0.3) is 0 Å². The molecule has 0 aliphatic carbocycles. The monoisotopic (exact) mass is 242 g/mol. The molecule has 0 saturated carbocycles. The molecule has 0 radical (unpaired) electrons. The SMILES string of the molecule is CCCOC(=O)Cc1ccc(OCCC)s1. The average molecular weight is 242 g/mol. The first-order valence-electron chi connectivity index (χ1n) is 5.63. The fourth-order valence-electron chi connectivity index (χ4n) is 1.14. The van der Waals surface area contributed by atoms with Crippen LogP contribution < -0.4 is 4.74 Å². The number of thiophene rings is 1. The lowest BCUT2D eigenvalue weighted by atomic mass is 10.3. The van der Waals surface area contributed by atoms with Crippen LogP contribution in [0.1, 0.15) is 31.6 Å². The Bertz CT molecular complexity index is 320. The van der Waals surface area contributed by atoms with Crippen LogP contribution in [0, 0.1) is 0 Å². The fraction of sp³-hybridized carbons (Fsp3) is 0.583. The Balaban J connectivity index is 2.36. The second-order valence-electron chi connectivity index (χ2n) is 3.47. The van der Waals surface area contributed by atoms with Gasteiger partial charge in [-0.15, -0.1) is 11.3 Å². The summed E-state index contributed by atoms with van der Waals surface area (Å²) in [5.74, 6) is -0.161. The third-order valence-electron chi connectivity index (χ3n) is 1.87. The van der Waals surface area contributed by atoms with E-state index in [2.05, 4.69) is 6.92 Å². The summed E-state index contributed by atoms with van der Waals surface area (Å²) in [5, 5.41) is 0.875. The van der Waals surface area contributed by atoms with Gasteiger partial charge in [0.25, 0.3) is 0 Å². The molecule has 0 aliphatic rings. The molecule has 1 heterocycles. The maximum Gasteiger partial charge on any atom is 0.311 e. The summed E-state index contributed by atoms with van der Waals surface area (Å²) in [6.07, 6.45) is 2.20. The van der Waals surface area contributed by atoms with E-state index < -0.39 is 0 Å². The van der Waals surface area contributed by atoms with Gasteiger partial charge >= 0.3 is 5.97 Å². The first-order valence-corrected chi connectivity index (χ1v) is 6.45. The van der Waals surface area contributed by atoms with Gasteiger partial charge in [-0.2, -0.15) is 0 Å². The van der Waals surface area contributed by atoms with Crippen LogP contribution in [-0.4, -0.2) is 19.2 Å². The number of ether oxygens (including phenoxy) is 2. The number of hydrogen-bond acceptors (Lipinski definition) is 4. The number of rotatable bonds is 7. The minimum absolute atomic E-state index is 0.161. The predicted molar refractivity (Wildman–Crippen MR) is 65.1 cm³/mol. The lowest BCUT2D eigenvalue weighted by molar-refractivity contribution is -0.142. The van der Waals surface area contributed by atoms with Crippen molar-refractivity contribution in [3.05, 3.63) is 17.0 Å². The fourth-order valence-corrected chi connectivity index (χ4v) is 2.01. The summed E-state index contributed by atoms with van der Waals surface area (Å²) in [6, 6.07) is 3.83. The molecule has 0 aromatic carbocycles. The zero-order chi connectivity index (χ0) is 11.8. The summed E-state index contributed by atoms with van der Waals surface area (Å²) in [7, 11) is 0. The Morgan fingerprint density at radius 2 is 2.00 bits per heavy atom. The van der Waals surface area contributed by atoms with Crippen LogP contribution in [0.5, 0.6) is 5.06 Å². The van der Waals surface area contributed by atoms with Gasteiger partial charge < -0.3 is 9.47 Å². The van der Waals surface area contributed by atoms with Crippen molar-refractivity contribution in [2.24, 2.45) is 0 Å². The van der Waals surface area contributed by atoms with Crippen molar-refractivity contribution in [3.63, 3.8) is 0 Å². The maximum atomic E-state index is 11.3. The van der Waals surface area contributed by atoms with E-state index in [-0.39, 0.29) is 5.97 Å². The van der Waals surface area contributed by atoms with Crippen LogP contribution in [-0.2, 0) is 16.0 Å². The summed E-state index contributed by atoms with van der Waals surface area (Å²) in [4.78, 5) is 12.3. The summed E-state index contributed by atoms with van der Waals surface area (Å²) in [5.41, 5.74) is 0. The van der Waals surface area contributed by atoms with E-state index in [1.54, 1.807) is 0 Å². The van der Waals surface area contributed by atoms with Crippen LogP contribution in [0.4, 0.5) is 0 Å². The Morgan fingerprint density at radius 3 is 2.69 bits per heavy atom. The van der Waals surface area contributed by atoms with Crippen molar-refractivity contribution in [2.75, 3.05) is 13.2 Å². The molecule has 1 aromatic heterocycles. The van der Waals surface area contributed by atoms with Crippen molar-refractivity contribution in [2.45, 2.75) is 33.1 Å². The van der Waals surface area contributed by atoms with Crippen LogP contribution in [0.15, 0.2) is 12.1 Å². The van der Waals surface area contributed by atoms with E-state index in [0.29, 0.717) is 13.0 Å². The highest BCUT2D eigenvalue weighted by atomic mass is 32.1. The third kappa shape index (κ3) is 4.66. The molecular weight excluding hydrogens is 224 g/mol. The molecule has 16 heavy (non-hydrogen) atoms. The zero-order valence-corrected chi connectivity index (χ0v) is 10.6. The molecule has 4 heteroatoms. The van der Waals surface area contributed by atoms with Crippen molar-refractivity contribution in [1.29, 1.82) is 0 Å². The molecule has 0 aliphatic heterocycles. The smallest absolute Gasteiger partial charge is 0.311 e. The molecule has 0 unspecified atom stereocenters. The molecule has 0 spiro atoms. The van der Waals surface area contributed by atoms with Crippen molar-refractivity contribution in [1.82, 2.24) is 0 Å². The molecular formula is C12H18O3S. The molecule has 1 aromatic rings. The molecule has 3 nitrogen and oxygen atoms in total. The molecule has 1 rings (SSSR count). The minimum Gasteiger partial charge on any atom is -0.484 e. The molecule has 0 amide bonds. The molecule has 0 saturated heterocycles. The Morgan fingerprint density at radius 1 is 1.25 bits per heavy atom. The van der Waals surface area contributed by atoms with Gasteiger partial charge in [0.1, 0.15) is 0 Å². The molecule has 0 fully saturated rings. The molecule has 0 atom stereocenters. The van der Waals surface area contributed by atoms with Gasteiger partial charge in [-0.05, 0) is 25.0 Å². The predicted octanol–water partition coefficient (Wildman–Crippen LogP) is 3.03. The number of hydrogen-bond donors (Lipinski definition) is 0. The molecule has 90 valence electrons. The third-order valence-corrected chi connectivity index (χ3v) is 2.87. The van der Waals surface area contributed by atoms with Gasteiger partial charge in [-0.25, -0.2) is 0 Å². The zero-order valence-electron chi connectivity index (χ0n) is 9.82. The Kier molecular flexibility index (Phi) is 5.93. The van der Waals surface area contributed by atoms with Gasteiger partial charge in [0, 0.05) is 4.88 Å². The van der Waals surface area contributed by atoms with E-state index in [9.17, 15) is 4.79 Å². The van der Waals surface area contributed by atoms with Gasteiger partial charge in [0.15, 0.2) is 5.06 Å². The summed E-state index contributed by atoms with van der Waals surface area (Å²) >= 11 is 1.51. The lowest BCUT2D eigenvalue weighted by Gasteiger charge is -2.01. The summed E-state index contributed by atoms with van der Waals surface area (Å²) in [6.45, 7) is 5.27. The Labute approximate surface area is 100 Å². The van der Waals surface area contributed by atoms with Crippen molar-refractivity contribution >= 4 is 17.3 Å². The summed E-state index contributed by atoms with van der Waals surface area (Å²) < 4.78 is 10.5. The van der Waals surface area contributed by atoms with Gasteiger partial charge in [-0.3, -0.25) is 4.79 Å². The van der Waals surface area contributed by atoms with Gasteiger partial charge in [-0.1, -0.05) is 13.8 Å². The first kappa shape index (κ1) is 13.0. The van der Waals surface area contributed by atoms with E-state index in [1.807, 2.05) is 19.1 Å². The topological polar surface area (TPSA) is 35.5 Å². The largest absolute Gasteiger partial charge is 0.484 e. The second-order valence-corrected chi connectivity index (χ2v) is 4.60. The normalized spacial score (nSPS) is 10.1. The average Bonchev–Trinajstić information content (AvgIpc) is 2.71. The molecule has 0 bridgehead atoms. The quantitative estimate of drug-likeness (QED) is 0.689. The molecule has 0 N–H and O–H groups in total. The maximum absolute atomic E-state index is 11.3. The lowest BCUT2D eigenvalue weighted by Crippen LogP contribution is -2.07. The number of esters is 1. The standard InChI is InChI=1S/C12H18O3S/c1-3-7-14-11(13)9-10-5-6-12(16-10)15-8-4-2/h5-6H,3-4,7-9H2,1-2H3. The van der Waals surface area contributed by atoms with Crippen LogP contribution >= 0.6 is 11.3 Å². The number of carbonyl (C=O) groups is 1. The highest BCUT2D eigenvalue weighted by Gasteiger charge is 2.07. The highest BCUT2D eigenvalue weighted by molar-refractivity contribution is 7.13. The van der Waals surface area contributed by atoms with Crippen LogP contribution in [0.3, 0.4) is 0 Å². The van der Waals surface area contributed by atoms with E-state index in [4.69, 9.17) is 9.47 Å². The van der Waals surface area contributed by atoms with Crippen LogP contribution in [0.2, 0.25) is 0 Å². The van der Waals surface area contributed by atoms with E-state index in [1.165, 1.54) is 11.3 Å². The minimum atomic E-state index is -0.161. The highest BCUT2D eigenvalue weighted by Crippen LogP contribution is 2.25. The Hall–Kier alpha value is -1.03. The van der Waals surface area contributed by atoms with Gasteiger partial charge in [0.2, 0.25) is 0 Å². The van der Waals surface area contributed by atoms with Crippen molar-refractivity contribution < 1.29 is 14.3 Å². The van der Waals surface area contributed by atoms with E-state index >= 15 is 0 Å². The first-order chi connectivity index (χ1) is 7.76. The van der Waals surface area contributed by atoms with E-state index in [0.717, 1.165) is 29.4 Å². The van der Waals surface area contributed by atoms with Crippen molar-refractivity contribution in [3.8, 4) is 5.06 Å². The number of carbonyl (C=O) groups excluding carboxylic acids is 1. The second kappa shape index (κ2) is 7.28. The van der Waals surface area contributed by atoms with Gasteiger partial charge in [0.05, 0.1) is 19.6 Å².